The SMILES string of the molecule is CSCC1CCCN1C(=O)c1ccn(C2CCCNC2)n1. The van der Waals surface area contributed by atoms with Crippen molar-refractivity contribution in [3.63, 3.8) is 0 Å². The second-order valence-corrected chi connectivity index (χ2v) is 6.84. The van der Waals surface area contributed by atoms with Crippen LogP contribution in [0.15, 0.2) is 12.3 Å². The summed E-state index contributed by atoms with van der Waals surface area (Å²) in [7, 11) is 0. The number of piperidine rings is 1. The van der Waals surface area contributed by atoms with Crippen molar-refractivity contribution in [3.8, 4) is 0 Å². The van der Waals surface area contributed by atoms with Crippen molar-refractivity contribution in [2.75, 3.05) is 31.6 Å². The molecule has 2 saturated heterocycles. The second kappa shape index (κ2) is 6.83. The van der Waals surface area contributed by atoms with Crippen LogP contribution < -0.4 is 5.32 Å². The number of amides is 1. The smallest absolute Gasteiger partial charge is 0.274 e. The molecule has 3 heterocycles. The van der Waals surface area contributed by atoms with Gasteiger partial charge in [0.1, 0.15) is 5.69 Å². The summed E-state index contributed by atoms with van der Waals surface area (Å²) in [5.74, 6) is 1.13. The van der Waals surface area contributed by atoms with Gasteiger partial charge in [0.15, 0.2) is 0 Å². The molecular formula is C15H24N4OS. The first-order chi connectivity index (χ1) is 10.3. The number of likely N-dealkylation sites (tertiary alicyclic amines) is 1. The quantitative estimate of drug-likeness (QED) is 0.921. The van der Waals surface area contributed by atoms with Gasteiger partial charge < -0.3 is 10.2 Å². The van der Waals surface area contributed by atoms with E-state index in [1.54, 1.807) is 0 Å². The normalized spacial score (nSPS) is 26.2. The van der Waals surface area contributed by atoms with E-state index in [9.17, 15) is 4.79 Å². The summed E-state index contributed by atoms with van der Waals surface area (Å²) in [5, 5.41) is 7.94. The minimum atomic E-state index is 0.106. The Hall–Kier alpha value is -1.01. The van der Waals surface area contributed by atoms with Crippen LogP contribution in [0.4, 0.5) is 0 Å². The number of nitrogens with zero attached hydrogens (tertiary/aromatic N) is 3. The maximum Gasteiger partial charge on any atom is 0.274 e. The van der Waals surface area contributed by atoms with E-state index < -0.39 is 0 Å². The number of carbonyl (C=O) groups excluding carboxylic acids is 1. The predicted molar refractivity (Wildman–Crippen MR) is 85.8 cm³/mol. The molecule has 2 fully saturated rings. The highest BCUT2D eigenvalue weighted by atomic mass is 32.2. The molecule has 0 saturated carbocycles. The molecular weight excluding hydrogens is 284 g/mol. The number of carbonyl (C=O) groups is 1. The average Bonchev–Trinajstić information content (AvgIpc) is 3.17. The van der Waals surface area contributed by atoms with E-state index in [-0.39, 0.29) is 5.91 Å². The van der Waals surface area contributed by atoms with Gasteiger partial charge in [0.25, 0.3) is 5.91 Å². The van der Waals surface area contributed by atoms with Gasteiger partial charge >= 0.3 is 0 Å². The summed E-state index contributed by atoms with van der Waals surface area (Å²) in [6, 6.07) is 2.65. The maximum absolute atomic E-state index is 12.7. The minimum Gasteiger partial charge on any atom is -0.333 e. The fourth-order valence-corrected chi connectivity index (χ4v) is 4.06. The van der Waals surface area contributed by atoms with Crippen LogP contribution in [0.1, 0.15) is 42.2 Å². The van der Waals surface area contributed by atoms with Gasteiger partial charge in [0.2, 0.25) is 0 Å². The van der Waals surface area contributed by atoms with Crippen molar-refractivity contribution in [2.45, 2.75) is 37.8 Å². The van der Waals surface area contributed by atoms with Gasteiger partial charge in [-0.25, -0.2) is 0 Å². The number of aromatic nitrogens is 2. The number of rotatable bonds is 4. The Morgan fingerprint density at radius 1 is 1.48 bits per heavy atom. The zero-order valence-corrected chi connectivity index (χ0v) is 13.4. The van der Waals surface area contributed by atoms with Crippen LogP contribution in [0.25, 0.3) is 0 Å². The maximum atomic E-state index is 12.7. The number of hydrogen-bond donors (Lipinski definition) is 1. The molecule has 3 rings (SSSR count). The van der Waals surface area contributed by atoms with Gasteiger partial charge in [0.05, 0.1) is 6.04 Å². The van der Waals surface area contributed by atoms with Crippen LogP contribution in [-0.4, -0.2) is 58.3 Å². The van der Waals surface area contributed by atoms with Crippen molar-refractivity contribution >= 4 is 17.7 Å². The lowest BCUT2D eigenvalue weighted by Gasteiger charge is -2.24. The topological polar surface area (TPSA) is 50.2 Å². The molecule has 0 aliphatic carbocycles. The summed E-state index contributed by atoms with van der Waals surface area (Å²) in [5.41, 5.74) is 0.605. The van der Waals surface area contributed by atoms with Gasteiger partial charge in [-0.1, -0.05) is 0 Å². The monoisotopic (exact) mass is 308 g/mol. The van der Waals surface area contributed by atoms with Crippen LogP contribution >= 0.6 is 11.8 Å². The van der Waals surface area contributed by atoms with Crippen LogP contribution in [0, 0.1) is 0 Å². The summed E-state index contributed by atoms with van der Waals surface area (Å²) in [4.78, 5) is 14.7. The molecule has 1 amide bonds. The van der Waals surface area contributed by atoms with Crippen molar-refractivity contribution in [1.82, 2.24) is 20.0 Å². The second-order valence-electron chi connectivity index (χ2n) is 5.93. The third kappa shape index (κ3) is 3.26. The Morgan fingerprint density at radius 3 is 3.14 bits per heavy atom. The van der Waals surface area contributed by atoms with Crippen molar-refractivity contribution in [1.29, 1.82) is 0 Å². The molecule has 116 valence electrons. The predicted octanol–water partition coefficient (Wildman–Crippen LogP) is 1.78. The first kappa shape index (κ1) is 14.9. The molecule has 1 aromatic heterocycles. The zero-order valence-electron chi connectivity index (χ0n) is 12.6. The van der Waals surface area contributed by atoms with Gasteiger partial charge in [-0.05, 0) is 44.6 Å². The zero-order chi connectivity index (χ0) is 14.7. The van der Waals surface area contributed by atoms with E-state index in [1.165, 1.54) is 6.42 Å². The first-order valence-corrected chi connectivity index (χ1v) is 9.25. The van der Waals surface area contributed by atoms with Crippen molar-refractivity contribution in [3.05, 3.63) is 18.0 Å². The average molecular weight is 308 g/mol. The van der Waals surface area contributed by atoms with Crippen LogP contribution in [0.5, 0.6) is 0 Å². The minimum absolute atomic E-state index is 0.106. The lowest BCUT2D eigenvalue weighted by atomic mass is 10.1. The summed E-state index contributed by atoms with van der Waals surface area (Å²) >= 11 is 1.82. The summed E-state index contributed by atoms with van der Waals surface area (Å²) < 4.78 is 1.97. The number of thioether (sulfide) groups is 1. The van der Waals surface area contributed by atoms with Gasteiger partial charge in [-0.15, -0.1) is 0 Å². The molecule has 1 aromatic rings. The highest BCUT2D eigenvalue weighted by molar-refractivity contribution is 7.98. The van der Waals surface area contributed by atoms with Gasteiger partial charge in [-0.3, -0.25) is 9.48 Å². The lowest BCUT2D eigenvalue weighted by Crippen LogP contribution is -2.37. The molecule has 2 aliphatic rings. The van der Waals surface area contributed by atoms with E-state index in [0.717, 1.165) is 44.6 Å². The van der Waals surface area contributed by atoms with Gasteiger partial charge in [0, 0.05) is 31.1 Å². The highest BCUT2D eigenvalue weighted by Crippen LogP contribution is 2.23. The number of hydrogen-bond acceptors (Lipinski definition) is 4. The largest absolute Gasteiger partial charge is 0.333 e. The molecule has 0 aromatic carbocycles. The molecule has 1 N–H and O–H groups in total. The molecule has 2 aliphatic heterocycles. The fraction of sp³-hybridized carbons (Fsp3) is 0.733. The Bertz CT molecular complexity index is 484. The third-order valence-electron chi connectivity index (χ3n) is 4.47. The van der Waals surface area contributed by atoms with Crippen LogP contribution in [0.2, 0.25) is 0 Å². The first-order valence-electron chi connectivity index (χ1n) is 7.85. The fourth-order valence-electron chi connectivity index (χ4n) is 3.33. The number of nitrogens with one attached hydrogen (secondary N) is 1. The van der Waals surface area contributed by atoms with Crippen molar-refractivity contribution in [2.24, 2.45) is 0 Å². The molecule has 0 radical (unpaired) electrons. The lowest BCUT2D eigenvalue weighted by molar-refractivity contribution is 0.0742. The summed E-state index contributed by atoms with van der Waals surface area (Å²) in [6.07, 6.45) is 8.62. The van der Waals surface area contributed by atoms with Crippen LogP contribution in [0.3, 0.4) is 0 Å². The Labute approximate surface area is 130 Å². The third-order valence-corrected chi connectivity index (χ3v) is 5.19. The van der Waals surface area contributed by atoms with Crippen LogP contribution in [-0.2, 0) is 0 Å². The Kier molecular flexibility index (Phi) is 4.85. The highest BCUT2D eigenvalue weighted by Gasteiger charge is 2.30. The van der Waals surface area contributed by atoms with Crippen molar-refractivity contribution < 1.29 is 4.79 Å². The van der Waals surface area contributed by atoms with E-state index in [1.807, 2.05) is 33.6 Å². The Morgan fingerprint density at radius 2 is 2.38 bits per heavy atom. The molecule has 6 heteroatoms. The molecule has 2 unspecified atom stereocenters. The van der Waals surface area contributed by atoms with E-state index in [2.05, 4.69) is 16.7 Å². The molecule has 21 heavy (non-hydrogen) atoms. The molecule has 5 nitrogen and oxygen atoms in total. The molecule has 0 spiro atoms. The Balaban J connectivity index is 1.68. The van der Waals surface area contributed by atoms with E-state index in [0.29, 0.717) is 17.8 Å². The van der Waals surface area contributed by atoms with E-state index >= 15 is 0 Å². The van der Waals surface area contributed by atoms with Gasteiger partial charge in [-0.2, -0.15) is 16.9 Å². The van der Waals surface area contributed by atoms with E-state index in [4.69, 9.17) is 0 Å². The molecule has 0 bridgehead atoms. The summed E-state index contributed by atoms with van der Waals surface area (Å²) in [6.45, 7) is 2.92. The molecule has 2 atom stereocenters. The standard InChI is InChI=1S/C15H24N4OS/c1-21-11-13-5-3-8-18(13)15(20)14-6-9-19(17-14)12-4-2-7-16-10-12/h6,9,12-13,16H,2-5,7-8,10-11H2,1H3.